The van der Waals surface area contributed by atoms with E-state index in [1.807, 2.05) is 0 Å². The largest absolute Gasteiger partial charge is 0.497 e. The molecule has 0 unspecified atom stereocenters. The summed E-state index contributed by atoms with van der Waals surface area (Å²) in [4.78, 5) is 29.1. The number of hydrogen-bond acceptors (Lipinski definition) is 6. The number of hydrogen-bond donors (Lipinski definition) is 1. The molecule has 7 nitrogen and oxygen atoms in total. The summed E-state index contributed by atoms with van der Waals surface area (Å²) in [6, 6.07) is 11.8. The molecule has 0 aliphatic rings. The number of pyridine rings is 1. The summed E-state index contributed by atoms with van der Waals surface area (Å²) < 4.78 is 15.5. The van der Waals surface area contributed by atoms with Crippen molar-refractivity contribution in [3.63, 3.8) is 0 Å². The minimum absolute atomic E-state index is 0.270. The van der Waals surface area contributed by atoms with Gasteiger partial charge in [0.25, 0.3) is 5.91 Å². The highest BCUT2D eigenvalue weighted by molar-refractivity contribution is 6.31. The standard InChI is InChI=1S/C21H19ClN2O5/c1-12-16(9-13-8-14(22)4-6-17(13)23-12)21(26)29-11-20(25)24-18-10-15(27-2)5-7-19(18)28-3/h4-10H,11H2,1-3H3,(H,24,25). The van der Waals surface area contributed by atoms with E-state index < -0.39 is 18.5 Å². The van der Waals surface area contributed by atoms with Crippen LogP contribution in [0.15, 0.2) is 42.5 Å². The molecule has 1 amide bonds. The quantitative estimate of drug-likeness (QED) is 0.613. The van der Waals surface area contributed by atoms with Crippen molar-refractivity contribution >= 4 is 40.1 Å². The lowest BCUT2D eigenvalue weighted by atomic mass is 10.1. The van der Waals surface area contributed by atoms with Crippen molar-refractivity contribution in [1.29, 1.82) is 0 Å². The molecular formula is C21H19ClN2O5. The summed E-state index contributed by atoms with van der Waals surface area (Å²) >= 11 is 6.00. The van der Waals surface area contributed by atoms with Gasteiger partial charge in [-0.15, -0.1) is 0 Å². The van der Waals surface area contributed by atoms with Gasteiger partial charge in [0.05, 0.1) is 36.7 Å². The Morgan fingerprint density at radius 1 is 1.07 bits per heavy atom. The Hall–Kier alpha value is -3.32. The van der Waals surface area contributed by atoms with Crippen LogP contribution in [-0.4, -0.2) is 37.7 Å². The van der Waals surface area contributed by atoms with Crippen LogP contribution in [0.4, 0.5) is 5.69 Å². The molecule has 3 aromatic rings. The lowest BCUT2D eigenvalue weighted by Crippen LogP contribution is -2.21. The first-order chi connectivity index (χ1) is 13.9. The molecule has 0 aliphatic heterocycles. The SMILES string of the molecule is COc1ccc(OC)c(NC(=O)COC(=O)c2cc3cc(Cl)ccc3nc2C)c1. The van der Waals surface area contributed by atoms with Crippen molar-refractivity contribution in [2.45, 2.75) is 6.92 Å². The molecule has 3 rings (SSSR count). The number of nitrogens with zero attached hydrogens (tertiary/aromatic N) is 1. The number of fused-ring (bicyclic) bond motifs is 1. The first-order valence-electron chi connectivity index (χ1n) is 8.67. The second kappa shape index (κ2) is 8.79. The van der Waals surface area contributed by atoms with Gasteiger partial charge in [0, 0.05) is 16.5 Å². The van der Waals surface area contributed by atoms with Gasteiger partial charge >= 0.3 is 5.97 Å². The van der Waals surface area contributed by atoms with Gasteiger partial charge in [-0.1, -0.05) is 11.6 Å². The molecule has 0 radical (unpaired) electrons. The predicted octanol–water partition coefficient (Wildman–Crippen LogP) is 4.01. The van der Waals surface area contributed by atoms with Gasteiger partial charge in [0.1, 0.15) is 11.5 Å². The summed E-state index contributed by atoms with van der Waals surface area (Å²) in [5.74, 6) is -0.157. The zero-order chi connectivity index (χ0) is 21.0. The maximum atomic E-state index is 12.5. The van der Waals surface area contributed by atoms with Gasteiger partial charge in [0.2, 0.25) is 0 Å². The van der Waals surface area contributed by atoms with Crippen molar-refractivity contribution in [3.8, 4) is 11.5 Å². The van der Waals surface area contributed by atoms with Crippen molar-refractivity contribution in [3.05, 3.63) is 58.7 Å². The van der Waals surface area contributed by atoms with Crippen molar-refractivity contribution < 1.29 is 23.8 Å². The van der Waals surface area contributed by atoms with Crippen LogP contribution in [0.2, 0.25) is 5.02 Å². The van der Waals surface area contributed by atoms with E-state index in [0.717, 1.165) is 0 Å². The number of aromatic nitrogens is 1. The molecule has 0 bridgehead atoms. The second-order valence-electron chi connectivity index (χ2n) is 6.15. The van der Waals surface area contributed by atoms with E-state index in [1.54, 1.807) is 49.4 Å². The lowest BCUT2D eigenvalue weighted by molar-refractivity contribution is -0.119. The number of anilines is 1. The van der Waals surface area contributed by atoms with Crippen LogP contribution in [0.25, 0.3) is 10.9 Å². The minimum atomic E-state index is -0.648. The molecule has 0 saturated heterocycles. The van der Waals surface area contributed by atoms with Gasteiger partial charge in [-0.2, -0.15) is 0 Å². The van der Waals surface area contributed by atoms with Crippen LogP contribution < -0.4 is 14.8 Å². The predicted molar refractivity (Wildman–Crippen MR) is 110 cm³/mol. The molecule has 0 fully saturated rings. The molecule has 0 atom stereocenters. The first kappa shape index (κ1) is 20.4. The fraction of sp³-hybridized carbons (Fsp3) is 0.190. The number of methoxy groups -OCH3 is 2. The second-order valence-corrected chi connectivity index (χ2v) is 6.59. The molecule has 2 aromatic carbocycles. The fourth-order valence-electron chi connectivity index (χ4n) is 2.76. The van der Waals surface area contributed by atoms with Crippen LogP contribution in [-0.2, 0) is 9.53 Å². The molecule has 0 spiro atoms. The maximum Gasteiger partial charge on any atom is 0.340 e. The van der Waals surface area contributed by atoms with E-state index in [1.165, 1.54) is 14.2 Å². The summed E-state index contributed by atoms with van der Waals surface area (Å²) in [5, 5.41) is 3.89. The number of nitrogens with one attached hydrogen (secondary N) is 1. The average Bonchev–Trinajstić information content (AvgIpc) is 2.71. The van der Waals surface area contributed by atoms with Gasteiger partial charge in [-0.25, -0.2) is 4.79 Å². The minimum Gasteiger partial charge on any atom is -0.497 e. The zero-order valence-corrected chi connectivity index (χ0v) is 16.9. The molecule has 150 valence electrons. The summed E-state index contributed by atoms with van der Waals surface area (Å²) in [7, 11) is 3.00. The number of esters is 1. The Morgan fingerprint density at radius 3 is 2.59 bits per heavy atom. The average molecular weight is 415 g/mol. The first-order valence-corrected chi connectivity index (χ1v) is 9.05. The highest BCUT2D eigenvalue weighted by Gasteiger charge is 2.16. The van der Waals surface area contributed by atoms with E-state index in [0.29, 0.717) is 38.8 Å². The highest BCUT2D eigenvalue weighted by atomic mass is 35.5. The van der Waals surface area contributed by atoms with Gasteiger partial charge in [-0.3, -0.25) is 9.78 Å². The number of carbonyl (C=O) groups excluding carboxylic acids is 2. The summed E-state index contributed by atoms with van der Waals surface area (Å²) in [6.45, 7) is 1.23. The number of rotatable bonds is 6. The van der Waals surface area contributed by atoms with Crippen LogP contribution in [0, 0.1) is 6.92 Å². The topological polar surface area (TPSA) is 86.8 Å². The van der Waals surface area contributed by atoms with Gasteiger partial charge in [-0.05, 0) is 43.3 Å². The number of halogens is 1. The Kier molecular flexibility index (Phi) is 6.19. The number of benzene rings is 2. The van der Waals surface area contributed by atoms with Crippen LogP contribution in [0.1, 0.15) is 16.1 Å². The molecule has 0 aliphatic carbocycles. The summed E-state index contributed by atoms with van der Waals surface area (Å²) in [5.41, 5.74) is 1.89. The number of aryl methyl sites for hydroxylation is 1. The third kappa shape index (κ3) is 4.75. The van der Waals surface area contributed by atoms with Crippen LogP contribution in [0.3, 0.4) is 0 Å². The monoisotopic (exact) mass is 414 g/mol. The van der Waals surface area contributed by atoms with E-state index in [4.69, 9.17) is 25.8 Å². The molecule has 1 aromatic heterocycles. The maximum absolute atomic E-state index is 12.5. The van der Waals surface area contributed by atoms with Crippen molar-refractivity contribution in [2.24, 2.45) is 0 Å². The van der Waals surface area contributed by atoms with E-state index >= 15 is 0 Å². The Morgan fingerprint density at radius 2 is 1.86 bits per heavy atom. The van der Waals surface area contributed by atoms with E-state index in [2.05, 4.69) is 10.3 Å². The Balaban J connectivity index is 1.70. The molecular weight excluding hydrogens is 396 g/mol. The normalized spacial score (nSPS) is 10.5. The zero-order valence-electron chi connectivity index (χ0n) is 16.1. The number of amides is 1. The van der Waals surface area contributed by atoms with Crippen molar-refractivity contribution in [2.75, 3.05) is 26.1 Å². The highest BCUT2D eigenvalue weighted by Crippen LogP contribution is 2.28. The van der Waals surface area contributed by atoms with Crippen molar-refractivity contribution in [1.82, 2.24) is 4.98 Å². The Labute approximate surface area is 172 Å². The molecule has 1 N–H and O–H groups in total. The van der Waals surface area contributed by atoms with Gasteiger partial charge in [0.15, 0.2) is 6.61 Å². The summed E-state index contributed by atoms with van der Waals surface area (Å²) in [6.07, 6.45) is 0. The van der Waals surface area contributed by atoms with E-state index in [-0.39, 0.29) is 5.56 Å². The third-order valence-electron chi connectivity index (χ3n) is 4.20. The Bertz CT molecular complexity index is 1080. The number of carbonyl (C=O) groups is 2. The molecule has 1 heterocycles. The third-order valence-corrected chi connectivity index (χ3v) is 4.44. The smallest absolute Gasteiger partial charge is 0.340 e. The van der Waals surface area contributed by atoms with E-state index in [9.17, 15) is 9.59 Å². The van der Waals surface area contributed by atoms with Gasteiger partial charge < -0.3 is 19.5 Å². The fourth-order valence-corrected chi connectivity index (χ4v) is 2.94. The molecule has 29 heavy (non-hydrogen) atoms. The van der Waals surface area contributed by atoms with Crippen LogP contribution >= 0.6 is 11.6 Å². The van der Waals surface area contributed by atoms with Crippen LogP contribution in [0.5, 0.6) is 11.5 Å². The lowest BCUT2D eigenvalue weighted by Gasteiger charge is -2.12. The number of ether oxygens (including phenoxy) is 3. The molecule has 8 heteroatoms. The molecule has 0 saturated carbocycles.